The zero-order valence-electron chi connectivity index (χ0n) is 34.9. The van der Waals surface area contributed by atoms with Gasteiger partial charge in [-0.05, 0) is 128 Å². The number of rotatable bonds is 12. The highest BCUT2D eigenvalue weighted by Gasteiger charge is 2.25. The summed E-state index contributed by atoms with van der Waals surface area (Å²) >= 11 is 0. The Morgan fingerprint density at radius 1 is 0.714 bits per heavy atom. The number of hydrogen-bond donors (Lipinski definition) is 2. The van der Waals surface area contributed by atoms with Crippen LogP contribution in [0.3, 0.4) is 0 Å². The monoisotopic (exact) mass is 771 g/mol. The minimum Gasteiger partial charge on any atom is -0.490 e. The summed E-state index contributed by atoms with van der Waals surface area (Å²) in [4.78, 5) is 40.9. The Morgan fingerprint density at radius 2 is 1.20 bits per heavy atom. The first-order chi connectivity index (χ1) is 27.0. The maximum absolute atomic E-state index is 12.8. The molecule has 0 atom stereocenters. The molecule has 0 spiro atoms. The molecule has 0 unspecified atom stereocenters. The molecular weight excluding hydrogens is 705 g/mol. The van der Waals surface area contributed by atoms with Crippen LogP contribution in [0.1, 0.15) is 101 Å². The number of hydrogen-bond acceptors (Lipinski definition) is 7. The van der Waals surface area contributed by atoms with Gasteiger partial charge < -0.3 is 43.8 Å². The lowest BCUT2D eigenvalue weighted by Gasteiger charge is -2.34. The molecule has 56 heavy (non-hydrogen) atoms. The van der Waals surface area contributed by atoms with Gasteiger partial charge in [-0.25, -0.2) is 0 Å². The van der Waals surface area contributed by atoms with E-state index in [4.69, 9.17) is 14.2 Å². The Balaban J connectivity index is 0.000000190. The molecule has 11 heteroatoms. The van der Waals surface area contributed by atoms with Gasteiger partial charge in [0, 0.05) is 93.4 Å². The lowest BCUT2D eigenvalue weighted by atomic mass is 9.99. The number of aromatic nitrogens is 2. The largest absolute Gasteiger partial charge is 0.490 e. The van der Waals surface area contributed by atoms with Crippen LogP contribution in [0.2, 0.25) is 0 Å². The molecule has 0 aliphatic carbocycles. The highest BCUT2D eigenvalue weighted by atomic mass is 16.5. The molecule has 2 N–H and O–H groups in total. The number of ether oxygens (including phenoxy) is 3. The fourth-order valence-corrected chi connectivity index (χ4v) is 8.16. The SMILES string of the molecule is CC1CCN(C(=O)c2cc3cc(OC4CCN(C(C)C)CC4)ccc3[nH]2)CC1.CCN(CCOC)C(=O)c1cc2cc(OC3CCN(C(C)C)CC3)ccc2[nH]1. The predicted molar refractivity (Wildman–Crippen MR) is 225 cm³/mol. The summed E-state index contributed by atoms with van der Waals surface area (Å²) in [7, 11) is 1.65. The van der Waals surface area contributed by atoms with Gasteiger partial charge in [0.2, 0.25) is 0 Å². The molecule has 3 saturated heterocycles. The number of likely N-dealkylation sites (tertiary alicyclic amines) is 3. The third-order valence-electron chi connectivity index (χ3n) is 12.0. The number of methoxy groups -OCH3 is 1. The number of carbonyl (C=O) groups excluding carboxylic acids is 2. The third-order valence-corrected chi connectivity index (χ3v) is 12.0. The standard InChI is InChI=1S/C23H33N3O2.C22H33N3O3/c1-16(2)25-12-8-19(9-13-25)28-20-4-5-21-18(14-20)15-22(24-21)23(27)26-10-6-17(3)7-11-26;1-5-24(12-13-27-4)22(26)21-15-17-14-19(6-7-20(17)23-21)28-18-8-10-25(11-9-18)16(2)3/h4-5,14-17,19,24H,6-13H2,1-3H3;6-7,14-16,18,23H,5,8-13H2,1-4H3. The van der Waals surface area contributed by atoms with E-state index in [0.29, 0.717) is 43.2 Å². The van der Waals surface area contributed by atoms with Gasteiger partial charge in [-0.15, -0.1) is 0 Å². The predicted octanol–water partition coefficient (Wildman–Crippen LogP) is 7.82. The van der Waals surface area contributed by atoms with Crippen LogP contribution in [0.15, 0.2) is 48.5 Å². The molecule has 3 aliphatic rings. The molecule has 2 aromatic heterocycles. The summed E-state index contributed by atoms with van der Waals surface area (Å²) in [5.41, 5.74) is 3.24. The summed E-state index contributed by atoms with van der Waals surface area (Å²) in [6.45, 7) is 21.1. The number of nitrogens with zero attached hydrogens (tertiary/aromatic N) is 4. The van der Waals surface area contributed by atoms with Gasteiger partial charge in [0.05, 0.1) is 6.61 Å². The molecule has 0 radical (unpaired) electrons. The smallest absolute Gasteiger partial charge is 0.270 e. The summed E-state index contributed by atoms with van der Waals surface area (Å²) in [6.07, 6.45) is 6.98. The first-order valence-corrected chi connectivity index (χ1v) is 21.2. The van der Waals surface area contributed by atoms with Crippen LogP contribution >= 0.6 is 0 Å². The fraction of sp³-hybridized carbons (Fsp3) is 0.600. The van der Waals surface area contributed by atoms with E-state index < -0.39 is 0 Å². The van der Waals surface area contributed by atoms with E-state index in [2.05, 4.69) is 60.5 Å². The van der Waals surface area contributed by atoms with E-state index in [-0.39, 0.29) is 24.0 Å². The second kappa shape index (κ2) is 19.4. The summed E-state index contributed by atoms with van der Waals surface area (Å²) < 4.78 is 17.6. The Hall–Kier alpha value is -4.06. The summed E-state index contributed by atoms with van der Waals surface area (Å²) in [5.74, 6) is 2.62. The second-order valence-corrected chi connectivity index (χ2v) is 16.6. The minimum atomic E-state index is -0.000671. The quantitative estimate of drug-likeness (QED) is 0.151. The number of nitrogens with one attached hydrogen (secondary N) is 2. The van der Waals surface area contributed by atoms with Gasteiger partial charge in [0.15, 0.2) is 0 Å². The van der Waals surface area contributed by atoms with Crippen LogP contribution in [0, 0.1) is 5.92 Å². The van der Waals surface area contributed by atoms with E-state index in [0.717, 1.165) is 117 Å². The molecule has 4 aromatic rings. The van der Waals surface area contributed by atoms with Crippen LogP contribution in [-0.2, 0) is 4.74 Å². The molecule has 11 nitrogen and oxygen atoms in total. The van der Waals surface area contributed by atoms with Crippen LogP contribution in [0.5, 0.6) is 11.5 Å². The number of fused-ring (bicyclic) bond motifs is 2. The Morgan fingerprint density at radius 3 is 1.66 bits per heavy atom. The van der Waals surface area contributed by atoms with Gasteiger partial charge in [-0.1, -0.05) is 6.92 Å². The normalized spacial score (nSPS) is 18.1. The molecule has 0 bridgehead atoms. The lowest BCUT2D eigenvalue weighted by molar-refractivity contribution is 0.0688. The number of benzene rings is 2. The van der Waals surface area contributed by atoms with Crippen molar-refractivity contribution in [1.82, 2.24) is 29.6 Å². The van der Waals surface area contributed by atoms with Crippen LogP contribution in [-0.4, -0.2) is 132 Å². The number of piperidine rings is 3. The van der Waals surface area contributed by atoms with Gasteiger partial charge in [-0.3, -0.25) is 9.59 Å². The fourth-order valence-electron chi connectivity index (χ4n) is 8.16. The lowest BCUT2D eigenvalue weighted by Crippen LogP contribution is -2.41. The van der Waals surface area contributed by atoms with Crippen LogP contribution in [0.25, 0.3) is 21.8 Å². The molecule has 5 heterocycles. The molecule has 306 valence electrons. The highest BCUT2D eigenvalue weighted by Crippen LogP contribution is 2.28. The first kappa shape index (κ1) is 41.6. The molecule has 2 aromatic carbocycles. The van der Waals surface area contributed by atoms with Crippen molar-refractivity contribution < 1.29 is 23.8 Å². The molecule has 7 rings (SSSR count). The van der Waals surface area contributed by atoms with E-state index in [1.165, 1.54) is 0 Å². The van der Waals surface area contributed by atoms with E-state index >= 15 is 0 Å². The minimum absolute atomic E-state index is 0.000671. The molecule has 3 aliphatic heterocycles. The molecular formula is C45H66N6O5. The number of amides is 2. The maximum atomic E-state index is 12.8. The summed E-state index contributed by atoms with van der Waals surface area (Å²) in [6, 6.07) is 17.2. The van der Waals surface area contributed by atoms with Gasteiger partial charge in [-0.2, -0.15) is 0 Å². The summed E-state index contributed by atoms with van der Waals surface area (Å²) in [5, 5.41) is 2.05. The Bertz CT molecular complexity index is 1740. The second-order valence-electron chi connectivity index (χ2n) is 16.6. The Labute approximate surface area is 334 Å². The highest BCUT2D eigenvalue weighted by molar-refractivity contribution is 5.99. The van der Waals surface area contributed by atoms with Crippen molar-refractivity contribution in [1.29, 1.82) is 0 Å². The molecule has 3 fully saturated rings. The van der Waals surface area contributed by atoms with Crippen molar-refractivity contribution in [3.05, 3.63) is 59.9 Å². The zero-order chi connectivity index (χ0) is 39.8. The average molecular weight is 771 g/mol. The number of likely N-dealkylation sites (N-methyl/N-ethyl adjacent to an activating group) is 1. The van der Waals surface area contributed by atoms with Crippen molar-refractivity contribution >= 4 is 33.6 Å². The third kappa shape index (κ3) is 10.7. The topological polar surface area (TPSA) is 106 Å². The van der Waals surface area contributed by atoms with Crippen molar-refractivity contribution in [2.24, 2.45) is 5.92 Å². The molecule has 0 saturated carbocycles. The van der Waals surface area contributed by atoms with E-state index in [1.807, 2.05) is 54.3 Å². The zero-order valence-corrected chi connectivity index (χ0v) is 34.9. The number of carbonyl (C=O) groups is 2. The van der Waals surface area contributed by atoms with Crippen molar-refractivity contribution in [3.8, 4) is 11.5 Å². The van der Waals surface area contributed by atoms with E-state index in [9.17, 15) is 9.59 Å². The van der Waals surface area contributed by atoms with Crippen LogP contribution < -0.4 is 9.47 Å². The van der Waals surface area contributed by atoms with Crippen molar-refractivity contribution in [2.75, 3.05) is 66.1 Å². The van der Waals surface area contributed by atoms with E-state index in [1.54, 1.807) is 12.0 Å². The van der Waals surface area contributed by atoms with Crippen molar-refractivity contribution in [3.63, 3.8) is 0 Å². The number of H-pyrrole nitrogens is 2. The van der Waals surface area contributed by atoms with Gasteiger partial charge in [0.25, 0.3) is 11.8 Å². The first-order valence-electron chi connectivity index (χ1n) is 21.2. The van der Waals surface area contributed by atoms with Crippen molar-refractivity contribution in [2.45, 2.75) is 104 Å². The van der Waals surface area contributed by atoms with Crippen LogP contribution in [0.4, 0.5) is 0 Å². The average Bonchev–Trinajstić information content (AvgIpc) is 3.83. The molecule has 2 amide bonds. The Kier molecular flexibility index (Phi) is 14.4. The van der Waals surface area contributed by atoms with Gasteiger partial charge in [0.1, 0.15) is 35.1 Å². The van der Waals surface area contributed by atoms with Gasteiger partial charge >= 0.3 is 0 Å². The maximum Gasteiger partial charge on any atom is 0.270 e. The number of aromatic amines is 2.